The molecule has 0 heterocycles. The summed E-state index contributed by atoms with van der Waals surface area (Å²) in [5.74, 6) is -0.688. The molecule has 0 rings (SSSR count). The number of nitrogens with zero attached hydrogens (tertiary/aromatic N) is 1. The molecule has 6 heteroatoms. The summed E-state index contributed by atoms with van der Waals surface area (Å²) in [5.41, 5.74) is 5.34. The van der Waals surface area contributed by atoms with Crippen LogP contribution >= 0.6 is 12.4 Å². The summed E-state index contributed by atoms with van der Waals surface area (Å²) in [6, 6.07) is -0.584. The topological polar surface area (TPSA) is 72.6 Å². The maximum Gasteiger partial charge on any atom is 0.325 e. The van der Waals surface area contributed by atoms with Crippen molar-refractivity contribution in [2.24, 2.45) is 5.73 Å². The zero-order valence-corrected chi connectivity index (χ0v) is 9.47. The number of carbonyl (C=O) groups excluding carboxylic acids is 2. The first-order chi connectivity index (χ1) is 5.99. The number of halogens is 1. The van der Waals surface area contributed by atoms with Crippen LogP contribution in [0.15, 0.2) is 0 Å². The molecule has 0 saturated heterocycles. The summed E-state index contributed by atoms with van der Waals surface area (Å²) in [6.07, 6.45) is 0. The average molecular weight is 225 g/mol. The van der Waals surface area contributed by atoms with E-state index in [4.69, 9.17) is 5.73 Å². The molecular weight excluding hydrogens is 208 g/mol. The van der Waals surface area contributed by atoms with Gasteiger partial charge in [0.05, 0.1) is 12.6 Å². The van der Waals surface area contributed by atoms with Crippen molar-refractivity contribution in [3.05, 3.63) is 0 Å². The standard InChI is InChI=1S/C8H16N2O3.ClH/c1-4-13-7(11)5-10(3)8(12)6(2)9;/h6H,4-5,9H2,1-3H3;1H/t6-;/m0./s1. The fourth-order valence-electron chi connectivity index (χ4n) is 0.826. The van der Waals surface area contributed by atoms with Crippen LogP contribution in [0.25, 0.3) is 0 Å². The fraction of sp³-hybridized carbons (Fsp3) is 0.750. The van der Waals surface area contributed by atoms with Crippen molar-refractivity contribution in [1.82, 2.24) is 4.90 Å². The highest BCUT2D eigenvalue weighted by Gasteiger charge is 2.16. The van der Waals surface area contributed by atoms with Gasteiger partial charge in [-0.25, -0.2) is 0 Å². The van der Waals surface area contributed by atoms with Crippen molar-refractivity contribution in [3.63, 3.8) is 0 Å². The van der Waals surface area contributed by atoms with Gasteiger partial charge in [-0.3, -0.25) is 9.59 Å². The summed E-state index contributed by atoms with van der Waals surface area (Å²) in [6.45, 7) is 3.56. The number of hydrogen-bond donors (Lipinski definition) is 1. The first-order valence-corrected chi connectivity index (χ1v) is 4.15. The average Bonchev–Trinajstić information content (AvgIpc) is 2.03. The van der Waals surface area contributed by atoms with Crippen LogP contribution in [-0.2, 0) is 14.3 Å². The van der Waals surface area contributed by atoms with E-state index in [1.165, 1.54) is 11.9 Å². The van der Waals surface area contributed by atoms with Gasteiger partial charge in [0, 0.05) is 7.05 Å². The van der Waals surface area contributed by atoms with E-state index < -0.39 is 12.0 Å². The van der Waals surface area contributed by atoms with Gasteiger partial charge in [-0.1, -0.05) is 0 Å². The molecule has 0 unspecified atom stereocenters. The first-order valence-electron chi connectivity index (χ1n) is 4.15. The summed E-state index contributed by atoms with van der Waals surface area (Å²) in [5, 5.41) is 0. The number of likely N-dealkylation sites (N-methyl/N-ethyl adjacent to an activating group) is 1. The van der Waals surface area contributed by atoms with E-state index in [0.717, 1.165) is 0 Å². The summed E-state index contributed by atoms with van der Waals surface area (Å²) >= 11 is 0. The highest BCUT2D eigenvalue weighted by atomic mass is 35.5. The number of nitrogens with two attached hydrogens (primary N) is 1. The Balaban J connectivity index is 0. The predicted molar refractivity (Wildman–Crippen MR) is 55.2 cm³/mol. The van der Waals surface area contributed by atoms with Gasteiger partial charge in [-0.2, -0.15) is 0 Å². The van der Waals surface area contributed by atoms with E-state index >= 15 is 0 Å². The first kappa shape index (κ1) is 15.7. The van der Waals surface area contributed by atoms with Gasteiger partial charge in [-0.15, -0.1) is 12.4 Å². The van der Waals surface area contributed by atoms with Crippen molar-refractivity contribution >= 4 is 24.3 Å². The van der Waals surface area contributed by atoms with E-state index in [-0.39, 0.29) is 24.9 Å². The summed E-state index contributed by atoms with van der Waals surface area (Å²) in [7, 11) is 1.52. The zero-order valence-electron chi connectivity index (χ0n) is 8.65. The maximum atomic E-state index is 11.2. The lowest BCUT2D eigenvalue weighted by Gasteiger charge is -2.17. The fourth-order valence-corrected chi connectivity index (χ4v) is 0.826. The van der Waals surface area contributed by atoms with Gasteiger partial charge < -0.3 is 15.4 Å². The molecule has 0 aliphatic rings. The number of amides is 1. The third-order valence-electron chi connectivity index (χ3n) is 1.44. The van der Waals surface area contributed by atoms with Crippen LogP contribution in [-0.4, -0.2) is 43.0 Å². The zero-order chi connectivity index (χ0) is 10.4. The van der Waals surface area contributed by atoms with E-state index in [1.54, 1.807) is 13.8 Å². The smallest absolute Gasteiger partial charge is 0.325 e. The second kappa shape index (κ2) is 7.58. The number of esters is 1. The lowest BCUT2D eigenvalue weighted by molar-refractivity contribution is -0.148. The molecule has 0 aromatic heterocycles. The van der Waals surface area contributed by atoms with Gasteiger partial charge >= 0.3 is 5.97 Å². The minimum atomic E-state index is -0.584. The monoisotopic (exact) mass is 224 g/mol. The molecule has 1 atom stereocenters. The molecule has 0 spiro atoms. The van der Waals surface area contributed by atoms with Gasteiger partial charge in [0.2, 0.25) is 5.91 Å². The molecule has 5 nitrogen and oxygen atoms in total. The Morgan fingerprint density at radius 1 is 1.50 bits per heavy atom. The van der Waals surface area contributed by atoms with E-state index in [0.29, 0.717) is 6.61 Å². The van der Waals surface area contributed by atoms with Crippen molar-refractivity contribution in [3.8, 4) is 0 Å². The molecular formula is C8H17ClN2O3. The van der Waals surface area contributed by atoms with Crippen LogP contribution in [0, 0.1) is 0 Å². The minimum absolute atomic E-state index is 0. The van der Waals surface area contributed by atoms with Gasteiger partial charge in [0.15, 0.2) is 0 Å². The van der Waals surface area contributed by atoms with Crippen LogP contribution in [0.4, 0.5) is 0 Å². The van der Waals surface area contributed by atoms with Crippen LogP contribution in [0.3, 0.4) is 0 Å². The van der Waals surface area contributed by atoms with Crippen LogP contribution in [0.1, 0.15) is 13.8 Å². The van der Waals surface area contributed by atoms with Crippen molar-refractivity contribution in [2.45, 2.75) is 19.9 Å². The van der Waals surface area contributed by atoms with Gasteiger partial charge in [0.1, 0.15) is 6.54 Å². The lowest BCUT2D eigenvalue weighted by Crippen LogP contribution is -2.42. The van der Waals surface area contributed by atoms with Crippen LogP contribution < -0.4 is 5.73 Å². The third kappa shape index (κ3) is 5.77. The molecule has 14 heavy (non-hydrogen) atoms. The Labute approximate surface area is 90.0 Å². The highest BCUT2D eigenvalue weighted by molar-refractivity contribution is 5.85. The van der Waals surface area contributed by atoms with Crippen molar-refractivity contribution < 1.29 is 14.3 Å². The Morgan fingerprint density at radius 3 is 2.36 bits per heavy atom. The Bertz CT molecular complexity index is 197. The van der Waals surface area contributed by atoms with Crippen LogP contribution in [0.5, 0.6) is 0 Å². The largest absolute Gasteiger partial charge is 0.465 e. The van der Waals surface area contributed by atoms with Crippen molar-refractivity contribution in [2.75, 3.05) is 20.2 Å². The molecule has 84 valence electrons. The van der Waals surface area contributed by atoms with E-state index in [2.05, 4.69) is 4.74 Å². The van der Waals surface area contributed by atoms with E-state index in [1.807, 2.05) is 0 Å². The SMILES string of the molecule is CCOC(=O)CN(C)C(=O)[C@H](C)N.Cl. The molecule has 0 aliphatic heterocycles. The second-order valence-corrected chi connectivity index (χ2v) is 2.79. The molecule has 1 amide bonds. The molecule has 0 aromatic carbocycles. The number of ether oxygens (including phenoxy) is 1. The molecule has 0 aliphatic carbocycles. The molecule has 0 bridgehead atoms. The molecule has 0 radical (unpaired) electrons. The highest BCUT2D eigenvalue weighted by Crippen LogP contribution is 1.90. The Kier molecular flexibility index (Phi) is 8.48. The van der Waals surface area contributed by atoms with E-state index in [9.17, 15) is 9.59 Å². The number of hydrogen-bond acceptors (Lipinski definition) is 4. The maximum absolute atomic E-state index is 11.2. The third-order valence-corrected chi connectivity index (χ3v) is 1.44. The quantitative estimate of drug-likeness (QED) is 0.670. The molecule has 0 fully saturated rings. The lowest BCUT2D eigenvalue weighted by atomic mass is 10.3. The van der Waals surface area contributed by atoms with Crippen LogP contribution in [0.2, 0.25) is 0 Å². The minimum Gasteiger partial charge on any atom is -0.465 e. The normalized spacial score (nSPS) is 11.1. The van der Waals surface area contributed by atoms with Gasteiger partial charge in [0.25, 0.3) is 0 Å². The Morgan fingerprint density at radius 2 is 2.00 bits per heavy atom. The summed E-state index contributed by atoms with van der Waals surface area (Å²) in [4.78, 5) is 23.4. The number of rotatable bonds is 4. The molecule has 0 saturated carbocycles. The predicted octanol–water partition coefficient (Wildman–Crippen LogP) is -0.223. The number of carbonyl (C=O) groups is 2. The Hall–Kier alpha value is -0.810. The second-order valence-electron chi connectivity index (χ2n) is 2.79. The summed E-state index contributed by atoms with van der Waals surface area (Å²) < 4.78 is 4.67. The van der Waals surface area contributed by atoms with Crippen molar-refractivity contribution in [1.29, 1.82) is 0 Å². The van der Waals surface area contributed by atoms with Gasteiger partial charge in [-0.05, 0) is 13.8 Å². The molecule has 2 N–H and O–H groups in total. The molecule has 0 aromatic rings.